The van der Waals surface area contributed by atoms with E-state index >= 15 is 0 Å². The fraction of sp³-hybridized carbons (Fsp3) is 0.542. The third kappa shape index (κ3) is 6.48. The number of fused-ring (bicyclic) bond motifs is 1. The molecule has 2 aromatic rings. The van der Waals surface area contributed by atoms with Gasteiger partial charge in [-0.05, 0) is 65.8 Å². The Kier molecular flexibility index (Phi) is 7.52. The van der Waals surface area contributed by atoms with Gasteiger partial charge in [-0.1, -0.05) is 0 Å². The summed E-state index contributed by atoms with van der Waals surface area (Å²) in [7, 11) is 0. The van der Waals surface area contributed by atoms with Crippen molar-refractivity contribution in [1.29, 1.82) is 0 Å². The van der Waals surface area contributed by atoms with E-state index in [1.54, 1.807) is 37.8 Å². The van der Waals surface area contributed by atoms with Crippen LogP contribution in [0.25, 0.3) is 11.4 Å². The number of ether oxygens (including phenoxy) is 3. The molecule has 10 nitrogen and oxygen atoms in total. The molecule has 0 aliphatic carbocycles. The molecule has 0 saturated carbocycles. The minimum atomic E-state index is -0.701. The fourth-order valence-electron chi connectivity index (χ4n) is 3.45. The van der Waals surface area contributed by atoms with Crippen molar-refractivity contribution in [2.75, 3.05) is 19.8 Å². The van der Waals surface area contributed by atoms with E-state index in [4.69, 9.17) is 25.1 Å². The van der Waals surface area contributed by atoms with E-state index in [9.17, 15) is 9.59 Å². The van der Waals surface area contributed by atoms with Crippen LogP contribution in [0.5, 0.6) is 5.75 Å². The lowest BCUT2D eigenvalue weighted by molar-refractivity contribution is 0.0211. The van der Waals surface area contributed by atoms with E-state index in [1.807, 2.05) is 32.9 Å². The SMILES string of the molecule is CC(C)(C)OC(=O)N1CCc2nc(-c3ccc(OCCON)cc3)n(C(=O)OC(C)(C)C)c2C1. The fourth-order valence-corrected chi connectivity index (χ4v) is 3.45. The van der Waals surface area contributed by atoms with Gasteiger partial charge in [0, 0.05) is 18.5 Å². The summed E-state index contributed by atoms with van der Waals surface area (Å²) in [6, 6.07) is 7.20. The number of amides is 1. The highest BCUT2D eigenvalue weighted by Crippen LogP contribution is 2.30. The number of benzene rings is 1. The molecule has 0 saturated heterocycles. The number of hydrogen-bond acceptors (Lipinski definition) is 8. The van der Waals surface area contributed by atoms with Crippen LogP contribution in [0.4, 0.5) is 9.59 Å². The molecule has 1 aliphatic rings. The molecule has 0 unspecified atom stereocenters. The van der Waals surface area contributed by atoms with Crippen LogP contribution in [0, 0.1) is 0 Å². The van der Waals surface area contributed by atoms with Gasteiger partial charge in [0.1, 0.15) is 36.0 Å². The molecule has 10 heteroatoms. The third-order valence-electron chi connectivity index (χ3n) is 4.83. The van der Waals surface area contributed by atoms with Gasteiger partial charge in [-0.15, -0.1) is 0 Å². The Hall–Kier alpha value is -3.11. The molecule has 2 N–H and O–H groups in total. The van der Waals surface area contributed by atoms with Gasteiger partial charge >= 0.3 is 12.2 Å². The largest absolute Gasteiger partial charge is 0.491 e. The molecule has 0 spiro atoms. The molecule has 0 atom stereocenters. The standard InChI is InChI=1S/C24H34N4O6/c1-23(2,3)33-21(29)27-12-11-18-19(15-27)28(22(30)34-24(4,5)6)20(26-18)16-7-9-17(10-8-16)31-13-14-32-25/h7-10H,11-15,25H2,1-6H3. The zero-order valence-electron chi connectivity index (χ0n) is 20.7. The van der Waals surface area contributed by atoms with Gasteiger partial charge in [-0.25, -0.2) is 25.0 Å². The molecule has 3 rings (SSSR count). The predicted octanol–water partition coefficient (Wildman–Crippen LogP) is 3.90. The van der Waals surface area contributed by atoms with E-state index in [2.05, 4.69) is 4.84 Å². The molecule has 0 bridgehead atoms. The van der Waals surface area contributed by atoms with Crippen molar-refractivity contribution in [3.05, 3.63) is 35.7 Å². The first kappa shape index (κ1) is 25.5. The van der Waals surface area contributed by atoms with Gasteiger partial charge in [-0.3, -0.25) is 0 Å². The van der Waals surface area contributed by atoms with Crippen molar-refractivity contribution in [3.8, 4) is 17.1 Å². The number of imidazole rings is 1. The lowest BCUT2D eigenvalue weighted by Gasteiger charge is -2.30. The van der Waals surface area contributed by atoms with E-state index in [1.165, 1.54) is 4.57 Å². The highest BCUT2D eigenvalue weighted by Gasteiger charge is 2.33. The van der Waals surface area contributed by atoms with Gasteiger partial charge < -0.3 is 23.9 Å². The number of carbonyl (C=O) groups excluding carboxylic acids is 2. The lowest BCUT2D eigenvalue weighted by Crippen LogP contribution is -2.41. The van der Waals surface area contributed by atoms with Crippen molar-refractivity contribution in [2.24, 2.45) is 5.90 Å². The van der Waals surface area contributed by atoms with Crippen LogP contribution < -0.4 is 10.6 Å². The quantitative estimate of drug-likeness (QED) is 0.512. The van der Waals surface area contributed by atoms with E-state index in [0.717, 1.165) is 5.69 Å². The maximum Gasteiger partial charge on any atom is 0.420 e. The Morgan fingerprint density at radius 2 is 1.59 bits per heavy atom. The number of nitrogens with zero attached hydrogens (tertiary/aromatic N) is 3. The summed E-state index contributed by atoms with van der Waals surface area (Å²) in [5, 5.41) is 0. The summed E-state index contributed by atoms with van der Waals surface area (Å²) in [4.78, 5) is 36.8. The third-order valence-corrected chi connectivity index (χ3v) is 4.83. The molecule has 2 heterocycles. The minimum absolute atomic E-state index is 0.191. The second kappa shape index (κ2) is 10.0. The van der Waals surface area contributed by atoms with Crippen molar-refractivity contribution in [2.45, 2.75) is 65.7 Å². The first-order valence-corrected chi connectivity index (χ1v) is 11.2. The van der Waals surface area contributed by atoms with Crippen LogP contribution in [0.15, 0.2) is 24.3 Å². The molecular weight excluding hydrogens is 440 g/mol. The number of aromatic nitrogens is 2. The number of rotatable bonds is 5. The molecular formula is C24H34N4O6. The Morgan fingerprint density at radius 1 is 0.971 bits per heavy atom. The number of hydrogen-bond donors (Lipinski definition) is 1. The van der Waals surface area contributed by atoms with Crippen molar-refractivity contribution in [3.63, 3.8) is 0 Å². The van der Waals surface area contributed by atoms with E-state index in [-0.39, 0.29) is 13.2 Å². The van der Waals surface area contributed by atoms with Crippen LogP contribution in [0.2, 0.25) is 0 Å². The summed E-state index contributed by atoms with van der Waals surface area (Å²) in [6.07, 6.45) is -0.486. The Balaban J connectivity index is 1.95. The van der Waals surface area contributed by atoms with Gasteiger partial charge in [0.25, 0.3) is 0 Å². The van der Waals surface area contributed by atoms with E-state index < -0.39 is 23.4 Å². The predicted molar refractivity (Wildman–Crippen MR) is 125 cm³/mol. The van der Waals surface area contributed by atoms with Crippen LogP contribution in [0.1, 0.15) is 52.9 Å². The average Bonchev–Trinajstić information content (AvgIpc) is 3.11. The van der Waals surface area contributed by atoms with Crippen LogP contribution in [0.3, 0.4) is 0 Å². The lowest BCUT2D eigenvalue weighted by atomic mass is 10.1. The Bertz CT molecular complexity index is 1020. The normalized spacial score (nSPS) is 13.9. The van der Waals surface area contributed by atoms with Crippen molar-refractivity contribution < 1.29 is 28.6 Å². The summed E-state index contributed by atoms with van der Waals surface area (Å²) in [5.74, 6) is 6.10. The number of carbonyl (C=O) groups is 2. The molecule has 1 aromatic carbocycles. The molecule has 1 aromatic heterocycles. The summed E-state index contributed by atoms with van der Waals surface area (Å²) in [5.41, 5.74) is 0.760. The van der Waals surface area contributed by atoms with Crippen LogP contribution >= 0.6 is 0 Å². The van der Waals surface area contributed by atoms with Crippen molar-refractivity contribution in [1.82, 2.24) is 14.5 Å². The molecule has 1 amide bonds. The summed E-state index contributed by atoms with van der Waals surface area (Å²) in [6.45, 7) is 12.1. The summed E-state index contributed by atoms with van der Waals surface area (Å²) >= 11 is 0. The van der Waals surface area contributed by atoms with Crippen LogP contribution in [-0.4, -0.2) is 57.6 Å². The molecule has 1 aliphatic heterocycles. The molecule has 0 radical (unpaired) electrons. The maximum atomic E-state index is 13.2. The molecule has 0 fully saturated rings. The van der Waals surface area contributed by atoms with E-state index in [0.29, 0.717) is 42.4 Å². The highest BCUT2D eigenvalue weighted by molar-refractivity contribution is 5.79. The average molecular weight is 475 g/mol. The van der Waals surface area contributed by atoms with Crippen molar-refractivity contribution >= 4 is 12.2 Å². The zero-order valence-corrected chi connectivity index (χ0v) is 20.7. The molecule has 186 valence electrons. The highest BCUT2D eigenvalue weighted by atomic mass is 16.6. The zero-order chi connectivity index (χ0) is 25.1. The summed E-state index contributed by atoms with van der Waals surface area (Å²) < 4.78 is 18.2. The first-order valence-electron chi connectivity index (χ1n) is 11.2. The van der Waals surface area contributed by atoms with Gasteiger partial charge in [0.05, 0.1) is 17.9 Å². The smallest absolute Gasteiger partial charge is 0.420 e. The molecule has 34 heavy (non-hydrogen) atoms. The second-order valence-corrected chi connectivity index (χ2v) is 10.0. The van der Waals surface area contributed by atoms with Crippen LogP contribution in [-0.2, 0) is 27.3 Å². The number of nitrogens with two attached hydrogens (primary N) is 1. The topological polar surface area (TPSA) is 118 Å². The van der Waals surface area contributed by atoms with Gasteiger partial charge in [-0.2, -0.15) is 0 Å². The maximum absolute atomic E-state index is 13.2. The second-order valence-electron chi connectivity index (χ2n) is 10.0. The monoisotopic (exact) mass is 474 g/mol. The van der Waals surface area contributed by atoms with Gasteiger partial charge in [0.15, 0.2) is 0 Å². The van der Waals surface area contributed by atoms with Gasteiger partial charge in [0.2, 0.25) is 0 Å². The minimum Gasteiger partial charge on any atom is -0.491 e. The first-order chi connectivity index (χ1) is 15.9. The Morgan fingerprint density at radius 3 is 2.18 bits per heavy atom. The Labute approximate surface area is 199 Å².